The van der Waals surface area contributed by atoms with E-state index in [9.17, 15) is 13.2 Å². The topological polar surface area (TPSA) is 76.2 Å². The Morgan fingerprint density at radius 1 is 1.04 bits per heavy atom. The maximum Gasteiger partial charge on any atom is 0.243 e. The van der Waals surface area contributed by atoms with Crippen LogP contribution in [0.1, 0.15) is 26.7 Å². The molecule has 0 aliphatic carbocycles. The highest BCUT2D eigenvalue weighted by Crippen LogP contribution is 2.32. The van der Waals surface area contributed by atoms with Gasteiger partial charge in [-0.2, -0.15) is 0 Å². The van der Waals surface area contributed by atoms with Crippen molar-refractivity contribution < 1.29 is 22.7 Å². The summed E-state index contributed by atoms with van der Waals surface area (Å²) in [6, 6.07) is 4.77. The van der Waals surface area contributed by atoms with Gasteiger partial charge in [-0.05, 0) is 25.0 Å². The summed E-state index contributed by atoms with van der Waals surface area (Å²) in [5.41, 5.74) is 0.362. The van der Waals surface area contributed by atoms with Crippen LogP contribution in [-0.4, -0.2) is 59.3 Å². The second kappa shape index (κ2) is 9.50. The lowest BCUT2D eigenvalue weighted by atomic mass is 10.2. The minimum atomic E-state index is -3.63. The fourth-order valence-corrected chi connectivity index (χ4v) is 3.35. The molecular formula is C17H28N2O5S. The summed E-state index contributed by atoms with van der Waals surface area (Å²) in [5, 5.41) is 0. The van der Waals surface area contributed by atoms with Crippen molar-refractivity contribution in [3.05, 3.63) is 18.2 Å². The quantitative estimate of drug-likeness (QED) is 0.629. The Kier molecular flexibility index (Phi) is 8.02. The van der Waals surface area contributed by atoms with Gasteiger partial charge in [0.25, 0.3) is 0 Å². The van der Waals surface area contributed by atoms with E-state index in [1.807, 2.05) is 13.8 Å². The van der Waals surface area contributed by atoms with E-state index in [1.165, 1.54) is 14.2 Å². The molecule has 0 unspecified atom stereocenters. The lowest BCUT2D eigenvalue weighted by Gasteiger charge is -2.27. The number of carbonyl (C=O) groups excluding carboxylic acids is 1. The molecule has 0 spiro atoms. The first-order valence-corrected chi connectivity index (χ1v) is 10.1. The number of benzene rings is 1. The molecule has 0 aliphatic heterocycles. The number of carbonyl (C=O) groups is 1. The van der Waals surface area contributed by atoms with Gasteiger partial charge in [-0.25, -0.2) is 8.42 Å². The molecule has 0 fully saturated rings. The van der Waals surface area contributed by atoms with Crippen LogP contribution in [0.4, 0.5) is 5.69 Å². The predicted octanol–water partition coefficient (Wildman–Crippen LogP) is 2.12. The van der Waals surface area contributed by atoms with Gasteiger partial charge < -0.3 is 14.4 Å². The molecular weight excluding hydrogens is 344 g/mol. The average Bonchev–Trinajstić information content (AvgIpc) is 2.57. The molecule has 7 nitrogen and oxygen atoms in total. The molecule has 0 radical (unpaired) electrons. The minimum absolute atomic E-state index is 0.219. The van der Waals surface area contributed by atoms with E-state index < -0.39 is 10.0 Å². The summed E-state index contributed by atoms with van der Waals surface area (Å²) >= 11 is 0. The lowest BCUT2D eigenvalue weighted by Crippen LogP contribution is -2.43. The molecule has 0 saturated carbocycles. The molecule has 1 aromatic rings. The van der Waals surface area contributed by atoms with Crippen LogP contribution >= 0.6 is 0 Å². The van der Waals surface area contributed by atoms with Crippen molar-refractivity contribution in [1.82, 2.24) is 4.90 Å². The van der Waals surface area contributed by atoms with Gasteiger partial charge in [0, 0.05) is 19.2 Å². The molecule has 0 atom stereocenters. The molecule has 142 valence electrons. The first-order valence-electron chi connectivity index (χ1n) is 8.25. The smallest absolute Gasteiger partial charge is 0.243 e. The van der Waals surface area contributed by atoms with Gasteiger partial charge in [-0.15, -0.1) is 0 Å². The fourth-order valence-electron chi connectivity index (χ4n) is 2.50. The van der Waals surface area contributed by atoms with Crippen molar-refractivity contribution in [3.63, 3.8) is 0 Å². The van der Waals surface area contributed by atoms with Gasteiger partial charge >= 0.3 is 0 Å². The molecule has 0 saturated heterocycles. The number of amides is 1. The van der Waals surface area contributed by atoms with Crippen molar-refractivity contribution in [2.45, 2.75) is 26.7 Å². The van der Waals surface area contributed by atoms with E-state index in [0.717, 1.165) is 23.4 Å². The number of methoxy groups -OCH3 is 2. The van der Waals surface area contributed by atoms with Gasteiger partial charge in [0.2, 0.25) is 15.9 Å². The third-order valence-electron chi connectivity index (χ3n) is 3.67. The van der Waals surface area contributed by atoms with Crippen molar-refractivity contribution in [3.8, 4) is 11.5 Å². The van der Waals surface area contributed by atoms with Gasteiger partial charge in [-0.1, -0.05) is 13.8 Å². The molecule has 1 rings (SSSR count). The van der Waals surface area contributed by atoms with E-state index in [4.69, 9.17) is 9.47 Å². The molecule has 0 bridgehead atoms. The minimum Gasteiger partial charge on any atom is -0.493 e. The average molecular weight is 372 g/mol. The number of hydrogen-bond donors (Lipinski definition) is 0. The van der Waals surface area contributed by atoms with Gasteiger partial charge in [0.1, 0.15) is 6.54 Å². The SMILES string of the molecule is CCCN(CCC)C(=O)CN(c1ccc(OC)c(OC)c1)S(C)(=O)=O. The monoisotopic (exact) mass is 372 g/mol. The largest absolute Gasteiger partial charge is 0.493 e. The number of rotatable bonds is 10. The molecule has 0 N–H and O–H groups in total. The Labute approximate surface area is 150 Å². The van der Waals surface area contributed by atoms with Crippen molar-refractivity contribution in [2.24, 2.45) is 0 Å². The first kappa shape index (κ1) is 21.1. The maximum atomic E-state index is 12.6. The zero-order chi connectivity index (χ0) is 19.0. The lowest BCUT2D eigenvalue weighted by molar-refractivity contribution is -0.129. The van der Waals surface area contributed by atoms with Crippen LogP contribution in [0.15, 0.2) is 18.2 Å². The summed E-state index contributed by atoms with van der Waals surface area (Å²) in [5.74, 6) is 0.675. The maximum absolute atomic E-state index is 12.6. The standard InChI is InChI=1S/C17H28N2O5S/c1-6-10-18(11-7-2)17(20)13-19(25(5,21)22)14-8-9-15(23-3)16(12-14)24-4/h8-9,12H,6-7,10-11,13H2,1-5H3. The van der Waals surface area contributed by atoms with Gasteiger partial charge in [0.05, 0.1) is 26.2 Å². The number of sulfonamides is 1. The highest BCUT2D eigenvalue weighted by molar-refractivity contribution is 7.92. The van der Waals surface area contributed by atoms with Crippen LogP contribution in [0, 0.1) is 0 Å². The van der Waals surface area contributed by atoms with Crippen molar-refractivity contribution >= 4 is 21.6 Å². The van der Waals surface area contributed by atoms with Gasteiger partial charge in [-0.3, -0.25) is 9.10 Å². The highest BCUT2D eigenvalue weighted by Gasteiger charge is 2.24. The van der Waals surface area contributed by atoms with Crippen LogP contribution in [0.25, 0.3) is 0 Å². The Bertz CT molecular complexity index is 670. The van der Waals surface area contributed by atoms with E-state index in [1.54, 1.807) is 23.1 Å². The number of anilines is 1. The van der Waals surface area contributed by atoms with Crippen molar-refractivity contribution in [1.29, 1.82) is 0 Å². The van der Waals surface area contributed by atoms with Crippen molar-refractivity contribution in [2.75, 3.05) is 44.4 Å². The Hall–Kier alpha value is -1.96. The Morgan fingerprint density at radius 3 is 2.04 bits per heavy atom. The van der Waals surface area contributed by atoms with E-state index in [0.29, 0.717) is 30.3 Å². The van der Waals surface area contributed by atoms with Crippen LogP contribution in [0.5, 0.6) is 11.5 Å². The summed E-state index contributed by atoms with van der Waals surface area (Å²) in [7, 11) is -0.655. The molecule has 25 heavy (non-hydrogen) atoms. The number of nitrogens with zero attached hydrogens (tertiary/aromatic N) is 2. The van der Waals surface area contributed by atoms with Crippen LogP contribution in [-0.2, 0) is 14.8 Å². The number of ether oxygens (including phenoxy) is 2. The fraction of sp³-hybridized carbons (Fsp3) is 0.588. The normalized spacial score (nSPS) is 11.1. The predicted molar refractivity (Wildman–Crippen MR) is 98.9 cm³/mol. The van der Waals surface area contributed by atoms with Crippen LogP contribution in [0.2, 0.25) is 0 Å². The zero-order valence-corrected chi connectivity index (χ0v) is 16.4. The third-order valence-corrected chi connectivity index (χ3v) is 4.81. The second-order valence-electron chi connectivity index (χ2n) is 5.69. The van der Waals surface area contributed by atoms with E-state index in [2.05, 4.69) is 0 Å². The second-order valence-corrected chi connectivity index (χ2v) is 7.60. The molecule has 8 heteroatoms. The summed E-state index contributed by atoms with van der Waals surface area (Å²) in [6.07, 6.45) is 2.73. The zero-order valence-electron chi connectivity index (χ0n) is 15.6. The van der Waals surface area contributed by atoms with E-state index in [-0.39, 0.29) is 12.5 Å². The molecule has 1 amide bonds. The van der Waals surface area contributed by atoms with Crippen LogP contribution in [0.3, 0.4) is 0 Å². The summed E-state index contributed by atoms with van der Waals surface area (Å²) in [4.78, 5) is 14.3. The Morgan fingerprint density at radius 2 is 1.60 bits per heavy atom. The van der Waals surface area contributed by atoms with Crippen LogP contribution < -0.4 is 13.8 Å². The number of hydrogen-bond acceptors (Lipinski definition) is 5. The summed E-state index contributed by atoms with van der Waals surface area (Å²) < 4.78 is 36.0. The first-order chi connectivity index (χ1) is 11.8. The van der Waals surface area contributed by atoms with E-state index >= 15 is 0 Å². The molecule has 0 aliphatic rings. The molecule has 0 heterocycles. The molecule has 0 aromatic heterocycles. The summed E-state index contributed by atoms with van der Waals surface area (Å²) in [6.45, 7) is 4.94. The molecule has 1 aromatic carbocycles. The highest BCUT2D eigenvalue weighted by atomic mass is 32.2. The Balaban J connectivity index is 3.16. The third kappa shape index (κ3) is 5.81. The van der Waals surface area contributed by atoms with Gasteiger partial charge in [0.15, 0.2) is 11.5 Å².